The summed E-state index contributed by atoms with van der Waals surface area (Å²) in [5.74, 6) is 1.34. The second-order valence-electron chi connectivity index (χ2n) is 9.26. The average molecular weight is 448 g/mol. The molecule has 1 saturated heterocycles. The van der Waals surface area contributed by atoms with Gasteiger partial charge in [0.15, 0.2) is 0 Å². The highest BCUT2D eigenvalue weighted by atomic mass is 16.5. The van der Waals surface area contributed by atoms with E-state index in [0.29, 0.717) is 25.4 Å². The molecule has 1 aromatic heterocycles. The molecule has 1 unspecified atom stereocenters. The van der Waals surface area contributed by atoms with Crippen LogP contribution in [0.3, 0.4) is 0 Å². The monoisotopic (exact) mass is 447 g/mol. The highest BCUT2D eigenvalue weighted by molar-refractivity contribution is 5.89. The van der Waals surface area contributed by atoms with Gasteiger partial charge in [0.25, 0.3) is 0 Å². The largest absolute Gasteiger partial charge is 0.497 e. The van der Waals surface area contributed by atoms with E-state index in [1.807, 2.05) is 61.2 Å². The molecule has 6 nitrogen and oxygen atoms in total. The average Bonchev–Trinajstić information content (AvgIpc) is 3.25. The summed E-state index contributed by atoms with van der Waals surface area (Å²) in [6, 6.07) is 15.0. The molecule has 3 aromatic rings. The summed E-state index contributed by atoms with van der Waals surface area (Å²) in [6.07, 6.45) is 4.27. The molecule has 174 valence electrons. The minimum absolute atomic E-state index is 0.0302. The fourth-order valence-corrected chi connectivity index (χ4v) is 4.70. The van der Waals surface area contributed by atoms with Crippen LogP contribution in [0.2, 0.25) is 0 Å². The molecule has 1 atom stereocenters. The number of nitrogens with one attached hydrogen (secondary N) is 2. The quantitative estimate of drug-likeness (QED) is 0.547. The van der Waals surface area contributed by atoms with E-state index in [2.05, 4.69) is 22.6 Å². The van der Waals surface area contributed by atoms with E-state index in [9.17, 15) is 9.59 Å². The third-order valence-electron chi connectivity index (χ3n) is 6.45. The number of rotatable bonds is 7. The topological polar surface area (TPSA) is 74.4 Å². The number of fused-ring (bicyclic) bond motifs is 1. The van der Waals surface area contributed by atoms with Crippen molar-refractivity contribution in [2.45, 2.75) is 45.1 Å². The van der Waals surface area contributed by atoms with Crippen LogP contribution in [-0.2, 0) is 9.59 Å². The van der Waals surface area contributed by atoms with Gasteiger partial charge in [0.05, 0.1) is 7.11 Å². The maximum Gasteiger partial charge on any atom is 0.249 e. The molecule has 2 N–H and O–H groups in total. The van der Waals surface area contributed by atoms with Gasteiger partial charge in [0.2, 0.25) is 11.8 Å². The first-order valence-corrected chi connectivity index (χ1v) is 11.7. The van der Waals surface area contributed by atoms with E-state index in [0.717, 1.165) is 29.7 Å². The Morgan fingerprint density at radius 3 is 2.52 bits per heavy atom. The number of nitrogens with zero attached hydrogens (tertiary/aromatic N) is 1. The lowest BCUT2D eigenvalue weighted by Gasteiger charge is -2.34. The third-order valence-corrected chi connectivity index (χ3v) is 6.45. The van der Waals surface area contributed by atoms with Crippen LogP contribution in [0.25, 0.3) is 10.9 Å². The van der Waals surface area contributed by atoms with Crippen molar-refractivity contribution in [3.05, 3.63) is 65.9 Å². The van der Waals surface area contributed by atoms with Crippen LogP contribution in [0.15, 0.2) is 54.7 Å². The smallest absolute Gasteiger partial charge is 0.249 e. The standard InChI is InChI=1S/C27H33N3O3/c1-18(2)15-25(31)29-26(20-7-5-4-6-8-20)27(32)30-13-11-19(12-14-30)23-17-28-24-10-9-21(33-3)16-22(23)24/h4-10,16-19,26,28H,11-15H2,1-3H3,(H,29,31). The zero-order valence-corrected chi connectivity index (χ0v) is 19.6. The van der Waals surface area contributed by atoms with Crippen LogP contribution < -0.4 is 10.1 Å². The maximum absolute atomic E-state index is 13.5. The molecule has 2 amide bonds. The molecular formula is C27H33N3O3. The Balaban J connectivity index is 1.47. The molecule has 0 spiro atoms. The molecule has 33 heavy (non-hydrogen) atoms. The number of likely N-dealkylation sites (tertiary alicyclic amines) is 1. The number of methoxy groups -OCH3 is 1. The lowest BCUT2D eigenvalue weighted by Crippen LogP contribution is -2.46. The molecule has 0 radical (unpaired) electrons. The minimum Gasteiger partial charge on any atom is -0.497 e. The van der Waals surface area contributed by atoms with Crippen LogP contribution >= 0.6 is 0 Å². The SMILES string of the molecule is COc1ccc2[nH]cc(C3CCN(C(=O)C(NC(=O)CC(C)C)c4ccccc4)CC3)c2c1. The van der Waals surface area contributed by atoms with Gasteiger partial charge in [-0.2, -0.15) is 0 Å². The van der Waals surface area contributed by atoms with Gasteiger partial charge >= 0.3 is 0 Å². The molecular weight excluding hydrogens is 414 g/mol. The Bertz CT molecular complexity index is 1100. The number of H-pyrrole nitrogens is 1. The van der Waals surface area contributed by atoms with E-state index in [-0.39, 0.29) is 17.7 Å². The van der Waals surface area contributed by atoms with Crippen LogP contribution in [0.4, 0.5) is 0 Å². The summed E-state index contributed by atoms with van der Waals surface area (Å²) >= 11 is 0. The van der Waals surface area contributed by atoms with Crippen molar-refractivity contribution in [1.29, 1.82) is 0 Å². The maximum atomic E-state index is 13.5. The number of hydrogen-bond donors (Lipinski definition) is 2. The summed E-state index contributed by atoms with van der Waals surface area (Å²) in [5, 5.41) is 4.17. The van der Waals surface area contributed by atoms with Crippen molar-refractivity contribution in [1.82, 2.24) is 15.2 Å². The van der Waals surface area contributed by atoms with Crippen molar-refractivity contribution in [2.75, 3.05) is 20.2 Å². The highest BCUT2D eigenvalue weighted by Gasteiger charge is 2.31. The Hall–Kier alpha value is -3.28. The Morgan fingerprint density at radius 2 is 1.85 bits per heavy atom. The third kappa shape index (κ3) is 5.21. The first-order valence-electron chi connectivity index (χ1n) is 11.7. The fraction of sp³-hybridized carbons (Fsp3) is 0.407. The molecule has 1 aliphatic rings. The van der Waals surface area contributed by atoms with Crippen LogP contribution in [0.1, 0.15) is 56.2 Å². The number of carbonyl (C=O) groups is 2. The van der Waals surface area contributed by atoms with Crippen molar-refractivity contribution in [3.8, 4) is 5.75 Å². The molecule has 0 bridgehead atoms. The van der Waals surface area contributed by atoms with Gasteiger partial charge < -0.3 is 19.9 Å². The Labute approximate surface area is 195 Å². The van der Waals surface area contributed by atoms with Crippen molar-refractivity contribution >= 4 is 22.7 Å². The Morgan fingerprint density at radius 1 is 1.12 bits per heavy atom. The predicted octanol–water partition coefficient (Wildman–Crippen LogP) is 4.79. The number of benzene rings is 2. The number of ether oxygens (including phenoxy) is 1. The number of hydrogen-bond acceptors (Lipinski definition) is 3. The summed E-state index contributed by atoms with van der Waals surface area (Å²) < 4.78 is 5.41. The van der Waals surface area contributed by atoms with E-state index >= 15 is 0 Å². The van der Waals surface area contributed by atoms with E-state index in [1.54, 1.807) is 7.11 Å². The molecule has 2 aromatic carbocycles. The summed E-state index contributed by atoms with van der Waals surface area (Å²) in [4.78, 5) is 31.3. The second kappa shape index (κ2) is 10.1. The first kappa shape index (κ1) is 22.9. The zero-order valence-electron chi connectivity index (χ0n) is 19.6. The molecule has 0 saturated carbocycles. The number of aromatic amines is 1. The summed E-state index contributed by atoms with van der Waals surface area (Å²) in [7, 11) is 1.68. The van der Waals surface area contributed by atoms with Gasteiger partial charge in [-0.15, -0.1) is 0 Å². The van der Waals surface area contributed by atoms with Crippen molar-refractivity contribution < 1.29 is 14.3 Å². The van der Waals surface area contributed by atoms with E-state index in [1.165, 1.54) is 10.9 Å². The van der Waals surface area contributed by atoms with Crippen LogP contribution in [-0.4, -0.2) is 41.9 Å². The predicted molar refractivity (Wildman–Crippen MR) is 130 cm³/mol. The highest BCUT2D eigenvalue weighted by Crippen LogP contribution is 2.35. The van der Waals surface area contributed by atoms with Gasteiger partial charge in [-0.05, 0) is 54.0 Å². The molecule has 0 aliphatic carbocycles. The van der Waals surface area contributed by atoms with Gasteiger partial charge in [-0.25, -0.2) is 0 Å². The van der Waals surface area contributed by atoms with Gasteiger partial charge in [0, 0.05) is 36.6 Å². The Kier molecular flexibility index (Phi) is 7.02. The fourth-order valence-electron chi connectivity index (χ4n) is 4.70. The molecule has 4 rings (SSSR count). The lowest BCUT2D eigenvalue weighted by atomic mass is 9.88. The molecule has 1 fully saturated rings. The number of amides is 2. The summed E-state index contributed by atoms with van der Waals surface area (Å²) in [6.45, 7) is 5.35. The number of aromatic nitrogens is 1. The van der Waals surface area contributed by atoms with E-state index < -0.39 is 6.04 Å². The number of carbonyl (C=O) groups excluding carboxylic acids is 2. The second-order valence-corrected chi connectivity index (χ2v) is 9.26. The molecule has 2 heterocycles. The number of piperidine rings is 1. The molecule has 6 heteroatoms. The van der Waals surface area contributed by atoms with Gasteiger partial charge in [-0.1, -0.05) is 44.2 Å². The minimum atomic E-state index is -0.647. The first-order chi connectivity index (χ1) is 16.0. The van der Waals surface area contributed by atoms with Crippen LogP contribution in [0.5, 0.6) is 5.75 Å². The van der Waals surface area contributed by atoms with Gasteiger partial charge in [0.1, 0.15) is 11.8 Å². The lowest BCUT2D eigenvalue weighted by molar-refractivity contribution is -0.137. The van der Waals surface area contributed by atoms with Crippen molar-refractivity contribution in [3.63, 3.8) is 0 Å². The summed E-state index contributed by atoms with van der Waals surface area (Å²) in [5.41, 5.74) is 3.20. The van der Waals surface area contributed by atoms with E-state index in [4.69, 9.17) is 4.74 Å². The zero-order chi connectivity index (χ0) is 23.4. The molecule has 1 aliphatic heterocycles. The van der Waals surface area contributed by atoms with Gasteiger partial charge in [-0.3, -0.25) is 9.59 Å². The normalized spacial score (nSPS) is 15.6. The van der Waals surface area contributed by atoms with Crippen LogP contribution in [0, 0.1) is 5.92 Å². The van der Waals surface area contributed by atoms with Crippen molar-refractivity contribution in [2.24, 2.45) is 5.92 Å².